The Labute approximate surface area is 110 Å². The van der Waals surface area contributed by atoms with E-state index in [1.165, 1.54) is 18.3 Å². The fourth-order valence-electron chi connectivity index (χ4n) is 2.33. The summed E-state index contributed by atoms with van der Waals surface area (Å²) in [5, 5.41) is 11.5. The minimum absolute atomic E-state index is 0.157. The lowest BCUT2D eigenvalue weighted by Gasteiger charge is -2.11. The summed E-state index contributed by atoms with van der Waals surface area (Å²) in [5.41, 5.74) is 3.89. The van der Waals surface area contributed by atoms with Crippen molar-refractivity contribution < 1.29 is 14.3 Å². The molecule has 0 bridgehead atoms. The average molecular weight is 257 g/mol. The first kappa shape index (κ1) is 11.9. The zero-order chi connectivity index (χ0) is 13.2. The van der Waals surface area contributed by atoms with Crippen LogP contribution in [-0.4, -0.2) is 11.4 Å². The number of nitrogens with zero attached hydrogens (tertiary/aromatic N) is 1. The van der Waals surface area contributed by atoms with Crippen molar-refractivity contribution in [3.05, 3.63) is 70.5 Å². The monoisotopic (exact) mass is 257 g/mol. The van der Waals surface area contributed by atoms with Crippen molar-refractivity contribution in [2.45, 2.75) is 12.7 Å². The third kappa shape index (κ3) is 2.22. The van der Waals surface area contributed by atoms with Crippen molar-refractivity contribution in [2.75, 3.05) is 0 Å². The van der Waals surface area contributed by atoms with Crippen LogP contribution >= 0.6 is 0 Å². The highest BCUT2D eigenvalue weighted by atomic mass is 19.1. The maximum Gasteiger partial charge on any atom is 0.123 e. The van der Waals surface area contributed by atoms with E-state index in [1.54, 1.807) is 12.1 Å². The minimum Gasteiger partial charge on any atom is -0.411 e. The van der Waals surface area contributed by atoms with Crippen molar-refractivity contribution in [1.82, 2.24) is 0 Å². The molecule has 1 atom stereocenters. The molecule has 1 unspecified atom stereocenters. The Bertz CT molecular complexity index is 623. The van der Waals surface area contributed by atoms with Gasteiger partial charge in [-0.2, -0.15) is 0 Å². The molecule has 0 fully saturated rings. The van der Waals surface area contributed by atoms with Gasteiger partial charge in [0.25, 0.3) is 0 Å². The highest BCUT2D eigenvalue weighted by Crippen LogP contribution is 2.36. The first-order chi connectivity index (χ1) is 9.28. The minimum atomic E-state index is -0.253. The van der Waals surface area contributed by atoms with Crippen molar-refractivity contribution in [1.29, 1.82) is 0 Å². The summed E-state index contributed by atoms with van der Waals surface area (Å²) in [7, 11) is 0. The summed E-state index contributed by atoms with van der Waals surface area (Å²) in [6, 6.07) is 12.1. The molecule has 1 aliphatic rings. The quantitative estimate of drug-likeness (QED) is 0.509. The van der Waals surface area contributed by atoms with Gasteiger partial charge in [0.15, 0.2) is 0 Å². The number of ether oxygens (including phenoxy) is 1. The summed E-state index contributed by atoms with van der Waals surface area (Å²) in [6.07, 6.45) is 1.22. The van der Waals surface area contributed by atoms with Gasteiger partial charge >= 0.3 is 0 Å². The number of fused-ring (bicyclic) bond motifs is 1. The summed E-state index contributed by atoms with van der Waals surface area (Å²) in [5.74, 6) is -0.253. The van der Waals surface area contributed by atoms with E-state index in [1.807, 2.05) is 18.2 Å². The van der Waals surface area contributed by atoms with Gasteiger partial charge in [-0.05, 0) is 40.5 Å². The number of hydrogen-bond donors (Lipinski definition) is 1. The van der Waals surface area contributed by atoms with E-state index < -0.39 is 0 Å². The van der Waals surface area contributed by atoms with Gasteiger partial charge in [0.1, 0.15) is 11.9 Å². The number of oxime groups is 1. The normalized spacial score (nSPS) is 17.8. The zero-order valence-corrected chi connectivity index (χ0v) is 10.1. The number of halogens is 1. The first-order valence-electron chi connectivity index (χ1n) is 5.95. The number of benzene rings is 2. The van der Waals surface area contributed by atoms with Crippen LogP contribution in [0.25, 0.3) is 0 Å². The Morgan fingerprint density at radius 1 is 1.21 bits per heavy atom. The molecule has 3 nitrogen and oxygen atoms in total. The van der Waals surface area contributed by atoms with Gasteiger partial charge in [-0.3, -0.25) is 0 Å². The van der Waals surface area contributed by atoms with E-state index in [4.69, 9.17) is 9.94 Å². The Balaban J connectivity index is 1.96. The molecule has 1 N–H and O–H groups in total. The van der Waals surface area contributed by atoms with Crippen molar-refractivity contribution in [3.8, 4) is 0 Å². The van der Waals surface area contributed by atoms with Crippen molar-refractivity contribution >= 4 is 6.21 Å². The molecular formula is C15H12FNO2. The molecule has 0 aliphatic carbocycles. The fraction of sp³-hybridized carbons (Fsp3) is 0.133. The molecule has 0 saturated heterocycles. The molecule has 0 aromatic heterocycles. The topological polar surface area (TPSA) is 41.8 Å². The summed E-state index contributed by atoms with van der Waals surface area (Å²) in [6.45, 7) is 0.504. The predicted molar refractivity (Wildman–Crippen MR) is 68.9 cm³/mol. The van der Waals surface area contributed by atoms with Gasteiger partial charge in [-0.1, -0.05) is 29.4 Å². The highest BCUT2D eigenvalue weighted by Gasteiger charge is 2.24. The van der Waals surface area contributed by atoms with Gasteiger partial charge in [-0.15, -0.1) is 0 Å². The van der Waals surface area contributed by atoms with Gasteiger partial charge in [0, 0.05) is 0 Å². The van der Waals surface area contributed by atoms with E-state index in [0.29, 0.717) is 6.61 Å². The van der Waals surface area contributed by atoms with Crippen LogP contribution < -0.4 is 0 Å². The molecule has 19 heavy (non-hydrogen) atoms. The molecule has 2 aromatic carbocycles. The van der Waals surface area contributed by atoms with Gasteiger partial charge in [0.2, 0.25) is 0 Å². The second-order valence-corrected chi connectivity index (χ2v) is 4.45. The Morgan fingerprint density at radius 2 is 2.00 bits per heavy atom. The number of hydrogen-bond acceptors (Lipinski definition) is 3. The lowest BCUT2D eigenvalue weighted by atomic mass is 9.98. The maximum atomic E-state index is 12.9. The molecule has 0 spiro atoms. The second-order valence-electron chi connectivity index (χ2n) is 4.45. The predicted octanol–water partition coefficient (Wildman–Crippen LogP) is 3.25. The van der Waals surface area contributed by atoms with Crippen molar-refractivity contribution in [3.63, 3.8) is 0 Å². The molecule has 1 heterocycles. The van der Waals surface area contributed by atoms with Crippen LogP contribution in [0.2, 0.25) is 0 Å². The molecule has 1 aliphatic heterocycles. The number of rotatable bonds is 2. The highest BCUT2D eigenvalue weighted by molar-refractivity contribution is 5.79. The third-order valence-electron chi connectivity index (χ3n) is 3.23. The second kappa shape index (κ2) is 4.82. The third-order valence-corrected chi connectivity index (χ3v) is 3.23. The Morgan fingerprint density at radius 3 is 2.74 bits per heavy atom. The molecule has 96 valence electrons. The van der Waals surface area contributed by atoms with Crippen LogP contribution in [0.15, 0.2) is 47.6 Å². The van der Waals surface area contributed by atoms with E-state index in [-0.39, 0.29) is 11.9 Å². The SMILES string of the molecule is O/N=C\c1ccc2c(c1)COC2c1ccc(F)cc1. The van der Waals surface area contributed by atoms with Crippen LogP contribution in [0.4, 0.5) is 4.39 Å². The Hall–Kier alpha value is -2.20. The Kier molecular flexibility index (Phi) is 3.01. The summed E-state index contributed by atoms with van der Waals surface area (Å²) >= 11 is 0. The van der Waals surface area contributed by atoms with E-state index >= 15 is 0 Å². The van der Waals surface area contributed by atoms with Crippen LogP contribution in [0.5, 0.6) is 0 Å². The molecule has 0 amide bonds. The lowest BCUT2D eigenvalue weighted by Crippen LogP contribution is -1.98. The molecule has 4 heteroatoms. The molecule has 2 aromatic rings. The maximum absolute atomic E-state index is 12.9. The smallest absolute Gasteiger partial charge is 0.123 e. The summed E-state index contributed by atoms with van der Waals surface area (Å²) in [4.78, 5) is 0. The molecule has 3 rings (SSSR count). The zero-order valence-electron chi connectivity index (χ0n) is 10.1. The van der Waals surface area contributed by atoms with Crippen LogP contribution in [0, 0.1) is 5.82 Å². The first-order valence-corrected chi connectivity index (χ1v) is 5.95. The van der Waals surface area contributed by atoms with Crippen molar-refractivity contribution in [2.24, 2.45) is 5.16 Å². The van der Waals surface area contributed by atoms with E-state index in [9.17, 15) is 4.39 Å². The van der Waals surface area contributed by atoms with E-state index in [2.05, 4.69) is 5.16 Å². The van der Waals surface area contributed by atoms with Gasteiger partial charge in [0.05, 0.1) is 12.8 Å². The van der Waals surface area contributed by atoms with Gasteiger partial charge in [-0.25, -0.2) is 4.39 Å². The van der Waals surface area contributed by atoms with Crippen LogP contribution in [0.1, 0.15) is 28.4 Å². The molecule has 0 saturated carbocycles. The van der Waals surface area contributed by atoms with Crippen LogP contribution in [-0.2, 0) is 11.3 Å². The average Bonchev–Trinajstić information content (AvgIpc) is 2.83. The fourth-order valence-corrected chi connectivity index (χ4v) is 2.33. The lowest BCUT2D eigenvalue weighted by molar-refractivity contribution is 0.0939. The van der Waals surface area contributed by atoms with E-state index in [0.717, 1.165) is 22.3 Å². The van der Waals surface area contributed by atoms with Gasteiger partial charge < -0.3 is 9.94 Å². The standard InChI is InChI=1S/C15H12FNO2/c16-13-4-2-11(3-5-13)15-14-6-1-10(8-17-18)7-12(14)9-19-15/h1-8,15,18H,9H2/b17-8-. The molecule has 0 radical (unpaired) electrons. The largest absolute Gasteiger partial charge is 0.411 e. The van der Waals surface area contributed by atoms with Crippen LogP contribution in [0.3, 0.4) is 0 Å². The molecular weight excluding hydrogens is 245 g/mol. The summed E-state index contributed by atoms with van der Waals surface area (Å²) < 4.78 is 18.7.